The van der Waals surface area contributed by atoms with E-state index in [2.05, 4.69) is 15.2 Å². The van der Waals surface area contributed by atoms with Crippen LogP contribution in [0.15, 0.2) is 47.6 Å². The SMILES string of the molecule is CO[N+](=O)c1cc(-c2nc(SCC(=O)O)n[nH]2)ccc1Oc1cccc(C)c1. The van der Waals surface area contributed by atoms with Crippen LogP contribution in [-0.4, -0.2) is 44.0 Å². The van der Waals surface area contributed by atoms with E-state index in [1.807, 2.05) is 25.1 Å². The van der Waals surface area contributed by atoms with E-state index in [0.29, 0.717) is 33.0 Å². The maximum Gasteiger partial charge on any atom is 0.359 e. The van der Waals surface area contributed by atoms with Crippen LogP contribution in [0.25, 0.3) is 11.4 Å². The molecule has 1 heterocycles. The first-order chi connectivity index (χ1) is 13.5. The first kappa shape index (κ1) is 19.4. The van der Waals surface area contributed by atoms with Crippen LogP contribution >= 0.6 is 11.8 Å². The van der Waals surface area contributed by atoms with Crippen molar-refractivity contribution in [2.75, 3.05) is 12.9 Å². The second-order valence-electron chi connectivity index (χ2n) is 5.69. The Bertz CT molecular complexity index is 1020. The predicted molar refractivity (Wildman–Crippen MR) is 102 cm³/mol. The fourth-order valence-electron chi connectivity index (χ4n) is 2.36. The van der Waals surface area contributed by atoms with E-state index >= 15 is 0 Å². The standard InChI is InChI=1S/C18H16N4O5S/c1-11-4-3-5-13(8-11)27-15-7-6-12(9-14(15)22(25)26-2)17-19-18(21-20-17)28-10-16(23)24/h3-9H,10H2,1-2H3,(H-,19,20,21,23,24)/p+1. The van der Waals surface area contributed by atoms with Gasteiger partial charge in [-0.05, 0) is 36.8 Å². The molecule has 9 nitrogen and oxygen atoms in total. The lowest BCUT2D eigenvalue weighted by molar-refractivity contribution is -0.736. The highest BCUT2D eigenvalue weighted by Crippen LogP contribution is 2.35. The summed E-state index contributed by atoms with van der Waals surface area (Å²) in [7, 11) is 1.26. The molecule has 0 aliphatic heterocycles. The number of aromatic nitrogens is 3. The Labute approximate surface area is 164 Å². The molecule has 0 atom stereocenters. The molecule has 10 heteroatoms. The molecule has 0 saturated carbocycles. The number of hydrogen-bond acceptors (Lipinski definition) is 7. The summed E-state index contributed by atoms with van der Waals surface area (Å²) < 4.78 is 5.84. The van der Waals surface area contributed by atoms with Crippen molar-refractivity contribution in [3.63, 3.8) is 0 Å². The second-order valence-corrected chi connectivity index (χ2v) is 6.63. The van der Waals surface area contributed by atoms with E-state index in [-0.39, 0.29) is 11.4 Å². The van der Waals surface area contributed by atoms with Crippen molar-refractivity contribution >= 4 is 23.4 Å². The zero-order valence-corrected chi connectivity index (χ0v) is 15.9. The van der Waals surface area contributed by atoms with Crippen LogP contribution in [0.4, 0.5) is 5.69 Å². The number of aliphatic carboxylic acids is 1. The number of rotatable bonds is 8. The van der Waals surface area contributed by atoms with Gasteiger partial charge in [0.15, 0.2) is 12.9 Å². The normalized spacial score (nSPS) is 10.5. The molecule has 144 valence electrons. The van der Waals surface area contributed by atoms with Gasteiger partial charge in [-0.2, -0.15) is 0 Å². The molecule has 28 heavy (non-hydrogen) atoms. The van der Waals surface area contributed by atoms with E-state index in [9.17, 15) is 9.70 Å². The van der Waals surface area contributed by atoms with Gasteiger partial charge in [-0.3, -0.25) is 9.89 Å². The number of carboxylic acids is 1. The van der Waals surface area contributed by atoms with Crippen molar-refractivity contribution in [2.45, 2.75) is 12.1 Å². The fourth-order valence-corrected chi connectivity index (χ4v) is 2.88. The molecule has 2 N–H and O–H groups in total. The van der Waals surface area contributed by atoms with Crippen molar-refractivity contribution < 1.29 is 24.4 Å². The van der Waals surface area contributed by atoms with Crippen LogP contribution in [-0.2, 0) is 9.63 Å². The quantitative estimate of drug-likeness (QED) is 0.433. The van der Waals surface area contributed by atoms with Gasteiger partial charge in [0.25, 0.3) is 4.92 Å². The van der Waals surface area contributed by atoms with E-state index in [1.54, 1.807) is 24.3 Å². The fraction of sp³-hybridized carbons (Fsp3) is 0.167. The molecule has 0 fully saturated rings. The number of H-pyrrole nitrogens is 1. The van der Waals surface area contributed by atoms with Crippen molar-refractivity contribution in [1.82, 2.24) is 15.2 Å². The maximum atomic E-state index is 12.2. The van der Waals surface area contributed by atoms with Crippen LogP contribution in [0.2, 0.25) is 0 Å². The minimum Gasteiger partial charge on any atom is -0.481 e. The molecule has 0 aliphatic rings. The highest BCUT2D eigenvalue weighted by Gasteiger charge is 2.25. The van der Waals surface area contributed by atoms with E-state index in [4.69, 9.17) is 14.7 Å². The van der Waals surface area contributed by atoms with Crippen LogP contribution < -0.4 is 4.74 Å². The van der Waals surface area contributed by atoms with E-state index < -0.39 is 5.97 Å². The molecular weight excluding hydrogens is 384 g/mol. The molecular formula is C18H17N4O5S+. The number of carbonyl (C=O) groups is 1. The van der Waals surface area contributed by atoms with Gasteiger partial charge in [-0.1, -0.05) is 23.9 Å². The average molecular weight is 401 g/mol. The van der Waals surface area contributed by atoms with Gasteiger partial charge in [-0.15, -0.1) is 5.10 Å². The molecule has 0 amide bonds. The van der Waals surface area contributed by atoms with E-state index in [0.717, 1.165) is 17.3 Å². The minimum absolute atomic E-state index is 0.149. The number of carboxylic acid groups (broad SMARTS) is 1. The number of benzene rings is 2. The Balaban J connectivity index is 1.90. The first-order valence-corrected chi connectivity index (χ1v) is 9.12. The largest absolute Gasteiger partial charge is 0.481 e. The third-order valence-electron chi connectivity index (χ3n) is 3.60. The van der Waals surface area contributed by atoms with Crippen LogP contribution in [0.5, 0.6) is 11.5 Å². The van der Waals surface area contributed by atoms with Crippen LogP contribution in [0, 0.1) is 11.8 Å². The number of nitrogens with zero attached hydrogens (tertiary/aromatic N) is 3. The van der Waals surface area contributed by atoms with Crippen molar-refractivity contribution in [3.05, 3.63) is 52.9 Å². The Morgan fingerprint density at radius 1 is 1.29 bits per heavy atom. The Kier molecular flexibility index (Phi) is 5.90. The number of ether oxygens (including phenoxy) is 1. The lowest BCUT2D eigenvalue weighted by atomic mass is 10.1. The van der Waals surface area contributed by atoms with Crippen molar-refractivity contribution in [1.29, 1.82) is 0 Å². The lowest BCUT2D eigenvalue weighted by Gasteiger charge is -2.07. The lowest BCUT2D eigenvalue weighted by Crippen LogP contribution is -2.01. The molecule has 0 saturated heterocycles. The average Bonchev–Trinajstić information content (AvgIpc) is 3.15. The molecule has 0 radical (unpaired) electrons. The summed E-state index contributed by atoms with van der Waals surface area (Å²) in [5.41, 5.74) is 1.74. The molecule has 2 aromatic carbocycles. The van der Waals surface area contributed by atoms with Crippen LogP contribution in [0.1, 0.15) is 5.56 Å². The van der Waals surface area contributed by atoms with Gasteiger partial charge in [0.05, 0.1) is 10.7 Å². The Morgan fingerprint density at radius 3 is 2.82 bits per heavy atom. The summed E-state index contributed by atoms with van der Waals surface area (Å²) >= 11 is 0.991. The molecule has 0 spiro atoms. The van der Waals surface area contributed by atoms with Gasteiger partial charge < -0.3 is 9.84 Å². The monoisotopic (exact) mass is 401 g/mol. The number of hydrogen-bond donors (Lipinski definition) is 2. The van der Waals surface area contributed by atoms with Crippen molar-refractivity contribution in [2.24, 2.45) is 0 Å². The Hall–Kier alpha value is -3.40. The molecule has 3 rings (SSSR count). The Morgan fingerprint density at radius 2 is 2.11 bits per heavy atom. The summed E-state index contributed by atoms with van der Waals surface area (Å²) in [6.45, 7) is 1.94. The van der Waals surface area contributed by atoms with Crippen LogP contribution in [0.3, 0.4) is 0 Å². The van der Waals surface area contributed by atoms with Gasteiger partial charge in [0.1, 0.15) is 5.75 Å². The predicted octanol–water partition coefficient (Wildman–Crippen LogP) is 3.72. The van der Waals surface area contributed by atoms with Crippen molar-refractivity contribution in [3.8, 4) is 22.9 Å². The highest BCUT2D eigenvalue weighted by atomic mass is 32.2. The van der Waals surface area contributed by atoms with Gasteiger partial charge in [0.2, 0.25) is 10.9 Å². The summed E-state index contributed by atoms with van der Waals surface area (Å²) in [5, 5.41) is 15.7. The molecule has 0 aliphatic carbocycles. The third-order valence-corrected chi connectivity index (χ3v) is 4.43. The molecule has 1 aromatic heterocycles. The first-order valence-electron chi connectivity index (χ1n) is 8.13. The third kappa shape index (κ3) is 4.65. The summed E-state index contributed by atoms with van der Waals surface area (Å²) in [4.78, 5) is 32.2. The van der Waals surface area contributed by atoms with Gasteiger partial charge in [0, 0.05) is 11.6 Å². The summed E-state index contributed by atoms with van der Waals surface area (Å²) in [6.07, 6.45) is 0. The number of aromatic amines is 1. The zero-order chi connectivity index (χ0) is 20.1. The number of nitrogens with one attached hydrogen (secondary N) is 1. The smallest absolute Gasteiger partial charge is 0.359 e. The maximum absolute atomic E-state index is 12.2. The second kappa shape index (κ2) is 8.53. The highest BCUT2D eigenvalue weighted by molar-refractivity contribution is 7.99. The summed E-state index contributed by atoms with van der Waals surface area (Å²) in [5.74, 6) is 0.181. The van der Waals surface area contributed by atoms with Gasteiger partial charge in [-0.25, -0.2) is 9.82 Å². The zero-order valence-electron chi connectivity index (χ0n) is 15.1. The van der Waals surface area contributed by atoms with Gasteiger partial charge >= 0.3 is 11.7 Å². The molecule has 3 aromatic rings. The van der Waals surface area contributed by atoms with E-state index in [1.165, 1.54) is 7.11 Å². The molecule has 0 bridgehead atoms. The summed E-state index contributed by atoms with van der Waals surface area (Å²) in [6, 6.07) is 12.3. The number of thioether (sulfide) groups is 1. The number of aryl methyl sites for hydroxylation is 1. The minimum atomic E-state index is -0.960. The topological polar surface area (TPSA) is 117 Å². The molecule has 0 unspecified atom stereocenters.